The molecule has 49 heavy (non-hydrogen) atoms. The molecule has 0 radical (unpaired) electrons. The summed E-state index contributed by atoms with van der Waals surface area (Å²) < 4.78 is 20.3. The molecule has 0 spiro atoms. The number of carbonyl (C=O) groups excluding carboxylic acids is 1. The summed E-state index contributed by atoms with van der Waals surface area (Å²) in [5, 5.41) is 8.03. The third kappa shape index (κ3) is 7.89. The van der Waals surface area contributed by atoms with Crippen LogP contribution in [0.25, 0.3) is 22.3 Å². The Balaban J connectivity index is 1.56. The number of anilines is 1. The summed E-state index contributed by atoms with van der Waals surface area (Å²) in [7, 11) is 0. The fourth-order valence-electron chi connectivity index (χ4n) is 5.33. The standard InChI is InChI=1S/C38H38Br2N4O5/c1-7-47-31-17-24(6)28(19-27(31)22(3)4)37-43-30-16-12-10-14-26(30)38(46)44(37)41-20-25-18-32(48-8-2)36(35(40)34(25)39)49-21-33(45)42-29-15-11-9-13-23(29)5/h9-20,22H,7-8,21H2,1-6H3,(H,42,45). The lowest BCUT2D eigenvalue weighted by molar-refractivity contribution is -0.118. The van der Waals surface area contributed by atoms with E-state index in [1.54, 1.807) is 24.4 Å². The number of nitrogens with zero attached hydrogens (tertiary/aromatic N) is 3. The number of para-hydroxylation sites is 2. The Morgan fingerprint density at radius 2 is 1.61 bits per heavy atom. The lowest BCUT2D eigenvalue weighted by atomic mass is 9.96. The van der Waals surface area contributed by atoms with E-state index in [9.17, 15) is 9.59 Å². The number of hydrogen-bond acceptors (Lipinski definition) is 7. The first-order valence-corrected chi connectivity index (χ1v) is 17.6. The SMILES string of the molecule is CCOc1cc(C)c(-c2nc3ccccc3c(=O)n2N=Cc2cc(OCC)c(OCC(=O)Nc3ccccc3C)c(Br)c2Br)cc1C(C)C. The monoisotopic (exact) mass is 788 g/mol. The van der Waals surface area contributed by atoms with Crippen LogP contribution in [0, 0.1) is 13.8 Å². The van der Waals surface area contributed by atoms with Crippen molar-refractivity contribution < 1.29 is 19.0 Å². The predicted octanol–water partition coefficient (Wildman–Crippen LogP) is 9.03. The molecule has 0 aliphatic carbocycles. The van der Waals surface area contributed by atoms with Gasteiger partial charge in [-0.15, -0.1) is 0 Å². The summed E-state index contributed by atoms with van der Waals surface area (Å²) in [6, 6.07) is 20.5. The van der Waals surface area contributed by atoms with Crippen molar-refractivity contribution in [1.82, 2.24) is 9.66 Å². The number of hydrogen-bond donors (Lipinski definition) is 1. The quantitative estimate of drug-likeness (QED) is 0.127. The van der Waals surface area contributed by atoms with Crippen molar-refractivity contribution in [2.45, 2.75) is 47.5 Å². The molecule has 5 aromatic rings. The van der Waals surface area contributed by atoms with Crippen LogP contribution in [-0.4, -0.2) is 41.6 Å². The highest BCUT2D eigenvalue weighted by molar-refractivity contribution is 9.13. The minimum Gasteiger partial charge on any atom is -0.494 e. The van der Waals surface area contributed by atoms with Crippen molar-refractivity contribution in [3.63, 3.8) is 0 Å². The summed E-state index contributed by atoms with van der Waals surface area (Å²) in [5.41, 5.74) is 5.21. The first kappa shape index (κ1) is 35.8. The number of halogens is 2. The number of rotatable bonds is 12. The highest BCUT2D eigenvalue weighted by Gasteiger charge is 2.21. The first-order chi connectivity index (χ1) is 23.5. The van der Waals surface area contributed by atoms with E-state index >= 15 is 0 Å². The Labute approximate surface area is 302 Å². The zero-order valence-corrected chi connectivity index (χ0v) is 31.4. The first-order valence-electron chi connectivity index (χ1n) is 16.0. The minimum atomic E-state index is -0.314. The highest BCUT2D eigenvalue weighted by atomic mass is 79.9. The van der Waals surface area contributed by atoms with Gasteiger partial charge in [0.25, 0.3) is 11.5 Å². The van der Waals surface area contributed by atoms with Gasteiger partial charge in [0.1, 0.15) is 5.75 Å². The van der Waals surface area contributed by atoms with Gasteiger partial charge < -0.3 is 19.5 Å². The van der Waals surface area contributed by atoms with Crippen LogP contribution in [0.1, 0.15) is 55.9 Å². The summed E-state index contributed by atoms with van der Waals surface area (Å²) in [4.78, 5) is 31.7. The molecule has 0 atom stereocenters. The summed E-state index contributed by atoms with van der Waals surface area (Å²) in [6.45, 7) is 12.6. The van der Waals surface area contributed by atoms with Crippen molar-refractivity contribution >= 4 is 60.6 Å². The number of fused-ring (bicyclic) bond motifs is 1. The van der Waals surface area contributed by atoms with Gasteiger partial charge in [-0.3, -0.25) is 9.59 Å². The maximum Gasteiger partial charge on any atom is 0.282 e. The molecule has 5 rings (SSSR count). The maximum absolute atomic E-state index is 14.0. The second kappa shape index (κ2) is 15.8. The third-order valence-electron chi connectivity index (χ3n) is 7.81. The van der Waals surface area contributed by atoms with E-state index in [-0.39, 0.29) is 24.0 Å². The second-order valence-corrected chi connectivity index (χ2v) is 13.2. The Bertz CT molecular complexity index is 2110. The molecule has 0 fully saturated rings. The number of amides is 1. The smallest absolute Gasteiger partial charge is 0.282 e. The molecule has 1 N–H and O–H groups in total. The van der Waals surface area contributed by atoms with Crippen LogP contribution in [-0.2, 0) is 4.79 Å². The normalized spacial score (nSPS) is 11.4. The lowest BCUT2D eigenvalue weighted by Crippen LogP contribution is -2.21. The molecule has 4 aromatic carbocycles. The largest absolute Gasteiger partial charge is 0.494 e. The van der Waals surface area contributed by atoms with Crippen LogP contribution in [0.5, 0.6) is 17.2 Å². The van der Waals surface area contributed by atoms with Crippen LogP contribution in [0.3, 0.4) is 0 Å². The van der Waals surface area contributed by atoms with Crippen LogP contribution in [0.15, 0.2) is 85.6 Å². The molecule has 1 aromatic heterocycles. The number of aromatic nitrogens is 2. The fraction of sp³-hybridized carbons (Fsp3) is 0.263. The number of ether oxygens (including phenoxy) is 3. The molecule has 0 saturated heterocycles. The van der Waals surface area contributed by atoms with E-state index in [0.717, 1.165) is 28.0 Å². The Morgan fingerprint density at radius 1 is 0.918 bits per heavy atom. The average Bonchev–Trinajstić information content (AvgIpc) is 3.07. The molecule has 0 unspecified atom stereocenters. The van der Waals surface area contributed by atoms with Crippen LogP contribution in [0.4, 0.5) is 5.69 Å². The number of carbonyl (C=O) groups is 1. The predicted molar refractivity (Wildman–Crippen MR) is 203 cm³/mol. The fourth-order valence-corrected chi connectivity index (χ4v) is 6.26. The Hall–Kier alpha value is -4.48. The van der Waals surface area contributed by atoms with Gasteiger partial charge >= 0.3 is 0 Å². The Morgan fingerprint density at radius 3 is 2.33 bits per heavy atom. The summed E-state index contributed by atoms with van der Waals surface area (Å²) in [6.07, 6.45) is 1.57. The molecule has 0 saturated carbocycles. The summed E-state index contributed by atoms with van der Waals surface area (Å²) >= 11 is 7.27. The van der Waals surface area contributed by atoms with E-state index in [2.05, 4.69) is 51.0 Å². The zero-order valence-electron chi connectivity index (χ0n) is 28.3. The van der Waals surface area contributed by atoms with Crippen molar-refractivity contribution in [2.75, 3.05) is 25.1 Å². The number of aryl methyl sites for hydroxylation is 2. The van der Waals surface area contributed by atoms with Crippen LogP contribution < -0.4 is 25.1 Å². The molecule has 254 valence electrons. The maximum atomic E-state index is 14.0. The van der Waals surface area contributed by atoms with E-state index in [0.29, 0.717) is 61.6 Å². The van der Waals surface area contributed by atoms with Gasteiger partial charge in [-0.25, -0.2) is 4.98 Å². The Kier molecular flexibility index (Phi) is 11.6. The molecular formula is C38H38Br2N4O5. The van der Waals surface area contributed by atoms with Crippen molar-refractivity contribution in [2.24, 2.45) is 5.10 Å². The number of nitrogens with one attached hydrogen (secondary N) is 1. The summed E-state index contributed by atoms with van der Waals surface area (Å²) in [5.74, 6) is 1.82. The molecule has 0 aliphatic rings. The van der Waals surface area contributed by atoms with Crippen molar-refractivity contribution in [3.05, 3.63) is 108 Å². The van der Waals surface area contributed by atoms with Crippen LogP contribution in [0.2, 0.25) is 0 Å². The van der Waals surface area contributed by atoms with E-state index in [1.807, 2.05) is 76.2 Å². The molecule has 0 aliphatic heterocycles. The van der Waals surface area contributed by atoms with Crippen molar-refractivity contribution in [1.29, 1.82) is 0 Å². The lowest BCUT2D eigenvalue weighted by Gasteiger charge is -2.18. The number of benzene rings is 4. The highest BCUT2D eigenvalue weighted by Crippen LogP contribution is 2.42. The molecule has 11 heteroatoms. The van der Waals surface area contributed by atoms with Gasteiger partial charge in [-0.05, 0) is 119 Å². The zero-order chi connectivity index (χ0) is 35.2. The second-order valence-electron chi connectivity index (χ2n) is 11.6. The van der Waals surface area contributed by atoms with E-state index in [1.165, 1.54) is 4.68 Å². The van der Waals surface area contributed by atoms with Gasteiger partial charge in [0.2, 0.25) is 0 Å². The topological polar surface area (TPSA) is 104 Å². The van der Waals surface area contributed by atoms with Gasteiger partial charge in [-0.2, -0.15) is 9.78 Å². The molecular weight excluding hydrogens is 752 g/mol. The van der Waals surface area contributed by atoms with Crippen molar-refractivity contribution in [3.8, 4) is 28.6 Å². The van der Waals surface area contributed by atoms with E-state index < -0.39 is 0 Å². The van der Waals surface area contributed by atoms with E-state index in [4.69, 9.17) is 24.3 Å². The van der Waals surface area contributed by atoms with Crippen LogP contribution >= 0.6 is 31.9 Å². The third-order valence-corrected chi connectivity index (χ3v) is 9.95. The van der Waals surface area contributed by atoms with Gasteiger partial charge in [-0.1, -0.05) is 44.2 Å². The van der Waals surface area contributed by atoms with Gasteiger partial charge in [0.15, 0.2) is 23.9 Å². The average molecular weight is 791 g/mol. The molecule has 1 heterocycles. The molecule has 9 nitrogen and oxygen atoms in total. The molecule has 0 bridgehead atoms. The van der Waals surface area contributed by atoms with Gasteiger partial charge in [0, 0.05) is 21.3 Å². The van der Waals surface area contributed by atoms with Gasteiger partial charge in [0.05, 0.1) is 34.8 Å². The molecule has 1 amide bonds. The minimum absolute atomic E-state index is 0.171.